The van der Waals surface area contributed by atoms with Crippen LogP contribution in [0.25, 0.3) is 10.8 Å². The lowest BCUT2D eigenvalue weighted by molar-refractivity contribution is -0.136. The van der Waals surface area contributed by atoms with E-state index in [9.17, 15) is 33.2 Å². The molecule has 8 rings (SSSR count). The van der Waals surface area contributed by atoms with E-state index >= 15 is 0 Å². The number of alkyl halides is 1. The SMILES string of the molecule is CC[C@@H]1[C@H](F)C(=O)N[C@@H]1COc1ncc(C#CC2CCN(CCCC3CCN(c4cccc5c4C(=O)N(C4CCC(=O)NC4=O)C5=O)CC3)CC2)c2cc(C(N)=O)c(OC)cc12. The van der Waals surface area contributed by atoms with E-state index in [4.69, 9.17) is 15.2 Å². The van der Waals surface area contributed by atoms with Gasteiger partial charge in [-0.25, -0.2) is 9.37 Å². The number of carbonyl (C=O) groups excluding carboxylic acids is 6. The number of benzene rings is 2. The molecule has 6 amide bonds. The van der Waals surface area contributed by atoms with Crippen LogP contribution in [0, 0.1) is 29.6 Å². The number of likely N-dealkylation sites (tertiary alicyclic amines) is 1. The average molecular weight is 850 g/mol. The van der Waals surface area contributed by atoms with Gasteiger partial charge in [0, 0.05) is 48.3 Å². The summed E-state index contributed by atoms with van der Waals surface area (Å²) in [7, 11) is 1.44. The molecule has 4 N–H and O–H groups in total. The topological polar surface area (TPSA) is 194 Å². The maximum Gasteiger partial charge on any atom is 0.264 e. The van der Waals surface area contributed by atoms with Gasteiger partial charge in [-0.15, -0.1) is 0 Å². The number of primary amides is 1. The van der Waals surface area contributed by atoms with Crippen LogP contribution in [0.2, 0.25) is 0 Å². The van der Waals surface area contributed by atoms with Gasteiger partial charge in [0.15, 0.2) is 6.17 Å². The predicted molar refractivity (Wildman–Crippen MR) is 226 cm³/mol. The summed E-state index contributed by atoms with van der Waals surface area (Å²) in [4.78, 5) is 85.8. The number of hydrogen-bond acceptors (Lipinski definition) is 11. The molecule has 6 heterocycles. The summed E-state index contributed by atoms with van der Waals surface area (Å²) >= 11 is 0. The predicted octanol–water partition coefficient (Wildman–Crippen LogP) is 3.75. The fourth-order valence-corrected chi connectivity index (χ4v) is 9.72. The van der Waals surface area contributed by atoms with E-state index in [1.165, 1.54) is 7.11 Å². The van der Waals surface area contributed by atoms with E-state index in [-0.39, 0.29) is 42.6 Å². The van der Waals surface area contributed by atoms with Gasteiger partial charge in [-0.2, -0.15) is 0 Å². The number of piperidine rings is 3. The molecular formula is C46H52FN7O8. The third-order valence-corrected chi connectivity index (χ3v) is 13.3. The van der Waals surface area contributed by atoms with E-state index < -0.39 is 59.6 Å². The largest absolute Gasteiger partial charge is 0.496 e. The van der Waals surface area contributed by atoms with Crippen molar-refractivity contribution in [2.24, 2.45) is 23.5 Å². The number of methoxy groups -OCH3 is 1. The normalized spacial score (nSPS) is 23.6. The van der Waals surface area contributed by atoms with E-state index in [1.807, 2.05) is 13.0 Å². The number of rotatable bonds is 12. The third-order valence-electron chi connectivity index (χ3n) is 13.3. The number of anilines is 1. The molecule has 3 aromatic rings. The summed E-state index contributed by atoms with van der Waals surface area (Å²) in [5.41, 5.74) is 7.89. The van der Waals surface area contributed by atoms with E-state index in [1.54, 1.807) is 30.5 Å². The second-order valence-corrected chi connectivity index (χ2v) is 16.9. The molecule has 0 bridgehead atoms. The molecule has 62 heavy (non-hydrogen) atoms. The van der Waals surface area contributed by atoms with Crippen LogP contribution in [0.15, 0.2) is 36.5 Å². The van der Waals surface area contributed by atoms with Crippen LogP contribution in [-0.4, -0.2) is 115 Å². The Labute approximate surface area is 359 Å². The first kappa shape index (κ1) is 42.6. The smallest absolute Gasteiger partial charge is 0.264 e. The number of nitrogens with zero attached hydrogens (tertiary/aromatic N) is 4. The van der Waals surface area contributed by atoms with E-state index in [2.05, 4.69) is 37.3 Å². The molecule has 0 saturated carbocycles. The number of amides is 6. The Bertz CT molecular complexity index is 2360. The highest BCUT2D eigenvalue weighted by atomic mass is 19.1. The molecule has 1 unspecified atom stereocenters. The fraction of sp³-hybridized carbons (Fsp3) is 0.500. The minimum absolute atomic E-state index is 0.0224. The Morgan fingerprint density at radius 3 is 2.47 bits per heavy atom. The molecule has 0 radical (unpaired) electrons. The maximum absolute atomic E-state index is 14.4. The Kier molecular flexibility index (Phi) is 12.4. The highest BCUT2D eigenvalue weighted by Gasteiger charge is 2.46. The highest BCUT2D eigenvalue weighted by Crippen LogP contribution is 2.37. The summed E-state index contributed by atoms with van der Waals surface area (Å²) in [6, 6.07) is 7.08. The number of halogens is 1. The van der Waals surface area contributed by atoms with Crippen molar-refractivity contribution in [2.45, 2.75) is 83.0 Å². The summed E-state index contributed by atoms with van der Waals surface area (Å²) in [5.74, 6) is 4.22. The molecule has 4 fully saturated rings. The van der Waals surface area contributed by atoms with Crippen molar-refractivity contribution >= 4 is 51.9 Å². The van der Waals surface area contributed by atoms with Gasteiger partial charge in [0.05, 0.1) is 41.1 Å². The molecule has 0 spiro atoms. The van der Waals surface area contributed by atoms with Crippen LogP contribution >= 0.6 is 0 Å². The van der Waals surface area contributed by atoms with Crippen LogP contribution in [-0.2, 0) is 14.4 Å². The van der Waals surface area contributed by atoms with Crippen molar-refractivity contribution in [3.8, 4) is 23.5 Å². The van der Waals surface area contributed by atoms with Gasteiger partial charge in [0.25, 0.3) is 23.6 Å². The van der Waals surface area contributed by atoms with Crippen LogP contribution in [0.4, 0.5) is 10.1 Å². The third kappa shape index (κ3) is 8.42. The molecule has 0 aliphatic carbocycles. The monoisotopic (exact) mass is 849 g/mol. The van der Waals surface area contributed by atoms with E-state index in [0.717, 1.165) is 81.8 Å². The summed E-state index contributed by atoms with van der Waals surface area (Å²) in [6.45, 7) is 6.26. The zero-order valence-corrected chi connectivity index (χ0v) is 35.0. The van der Waals surface area contributed by atoms with Gasteiger partial charge < -0.3 is 30.3 Å². The number of fused-ring (bicyclic) bond motifs is 2. The number of nitrogens with two attached hydrogens (primary N) is 1. The van der Waals surface area contributed by atoms with Gasteiger partial charge in [-0.1, -0.05) is 24.8 Å². The van der Waals surface area contributed by atoms with Gasteiger partial charge in [0.2, 0.25) is 17.7 Å². The van der Waals surface area contributed by atoms with E-state index in [0.29, 0.717) is 39.8 Å². The zero-order valence-electron chi connectivity index (χ0n) is 35.0. The number of imide groups is 2. The number of nitrogens with one attached hydrogen (secondary N) is 2. The Hall–Kier alpha value is -6.08. The summed E-state index contributed by atoms with van der Waals surface area (Å²) in [5, 5.41) is 6.12. The van der Waals surface area contributed by atoms with Crippen LogP contribution in [0.5, 0.6) is 11.6 Å². The molecule has 16 heteroatoms. The molecule has 4 saturated heterocycles. The van der Waals surface area contributed by atoms with Crippen LogP contribution in [0.1, 0.15) is 101 Å². The first-order valence-electron chi connectivity index (χ1n) is 21.7. The average Bonchev–Trinajstić information content (AvgIpc) is 3.70. The molecular weight excluding hydrogens is 798 g/mol. The van der Waals surface area contributed by atoms with Crippen molar-refractivity contribution < 1.29 is 42.6 Å². The lowest BCUT2D eigenvalue weighted by Gasteiger charge is -2.35. The molecule has 2 aromatic carbocycles. The lowest BCUT2D eigenvalue weighted by Crippen LogP contribution is -2.54. The molecule has 5 aliphatic heterocycles. The number of aromatic nitrogens is 1. The minimum atomic E-state index is -1.59. The number of pyridine rings is 1. The Balaban J connectivity index is 0.833. The maximum atomic E-state index is 14.4. The molecule has 5 aliphatic rings. The van der Waals surface area contributed by atoms with Gasteiger partial charge in [-0.05, 0) is 101 Å². The van der Waals surface area contributed by atoms with Gasteiger partial charge >= 0.3 is 0 Å². The molecule has 15 nitrogen and oxygen atoms in total. The summed E-state index contributed by atoms with van der Waals surface area (Å²) in [6.07, 6.45) is 6.66. The highest BCUT2D eigenvalue weighted by molar-refractivity contribution is 6.25. The number of hydrogen-bond donors (Lipinski definition) is 3. The lowest BCUT2D eigenvalue weighted by atomic mass is 9.91. The van der Waals surface area contributed by atoms with Gasteiger partial charge in [0.1, 0.15) is 18.4 Å². The number of ether oxygens (including phenoxy) is 2. The fourth-order valence-electron chi connectivity index (χ4n) is 9.72. The molecule has 326 valence electrons. The van der Waals surface area contributed by atoms with Crippen molar-refractivity contribution in [2.75, 3.05) is 51.3 Å². The molecule has 4 atom stereocenters. The molecule has 1 aromatic heterocycles. The second kappa shape index (κ2) is 18.1. The Morgan fingerprint density at radius 2 is 1.76 bits per heavy atom. The minimum Gasteiger partial charge on any atom is -0.496 e. The zero-order chi connectivity index (χ0) is 43.7. The van der Waals surface area contributed by atoms with Gasteiger partial charge in [-0.3, -0.25) is 39.0 Å². The standard InChI is InChI=1S/C46H52FN7O8/c1-3-29-34(50-43(58)40(29)47)25-62-44-32-23-37(61-2)33(41(48)56)22-31(32)28(24-49-44)10-9-27-13-18-52(19-14-27)17-5-6-26-15-20-53(21-16-26)35-8-4-7-30-39(35)46(60)54(45(30)59)36-11-12-38(55)51-42(36)57/h4,7-8,22-24,26-27,29,34,36,40H,3,5-6,11-21,25H2,1-2H3,(H2,48,56)(H,50,58)(H,51,55,57)/t29-,34+,36?,40-/m0/s1. The first-order valence-corrected chi connectivity index (χ1v) is 21.7. The summed E-state index contributed by atoms with van der Waals surface area (Å²) < 4.78 is 26.0. The van der Waals surface area contributed by atoms with Crippen molar-refractivity contribution in [1.82, 2.24) is 25.4 Å². The van der Waals surface area contributed by atoms with Crippen molar-refractivity contribution in [3.05, 3.63) is 58.8 Å². The van der Waals surface area contributed by atoms with Crippen LogP contribution in [0.3, 0.4) is 0 Å². The Morgan fingerprint density at radius 1 is 0.984 bits per heavy atom. The first-order chi connectivity index (χ1) is 29.9. The quantitative estimate of drug-likeness (QED) is 0.178. The van der Waals surface area contributed by atoms with Crippen LogP contribution < -0.4 is 30.7 Å². The number of carbonyl (C=O) groups is 6. The second-order valence-electron chi connectivity index (χ2n) is 16.9. The van der Waals surface area contributed by atoms with Crippen molar-refractivity contribution in [1.29, 1.82) is 0 Å². The van der Waals surface area contributed by atoms with Crippen molar-refractivity contribution in [3.63, 3.8) is 0 Å².